The van der Waals surface area contributed by atoms with Crippen molar-refractivity contribution in [1.29, 1.82) is 0 Å². The smallest absolute Gasteiger partial charge is 0.406 e. The van der Waals surface area contributed by atoms with E-state index in [-0.39, 0.29) is 6.54 Å². The molecule has 0 aromatic rings. The first-order chi connectivity index (χ1) is 7.50. The van der Waals surface area contributed by atoms with Gasteiger partial charge in [-0.15, -0.1) is 0 Å². The van der Waals surface area contributed by atoms with Crippen molar-refractivity contribution in [1.82, 2.24) is 5.32 Å². The van der Waals surface area contributed by atoms with Crippen molar-refractivity contribution in [3.63, 3.8) is 0 Å². The third-order valence-corrected chi connectivity index (χ3v) is 3.44. The van der Waals surface area contributed by atoms with Gasteiger partial charge < -0.3 is 15.2 Å². The van der Waals surface area contributed by atoms with E-state index >= 15 is 0 Å². The lowest BCUT2D eigenvalue weighted by molar-refractivity contribution is -0.151. The molecule has 0 saturated heterocycles. The van der Waals surface area contributed by atoms with E-state index in [0.29, 0.717) is 18.8 Å². The topological polar surface area (TPSA) is 75.6 Å². The Morgan fingerprint density at radius 3 is 2.44 bits per heavy atom. The molecule has 1 saturated carbocycles. The highest BCUT2D eigenvalue weighted by atomic mass is 16.5. The second kappa shape index (κ2) is 5.18. The summed E-state index contributed by atoms with van der Waals surface area (Å²) in [5.74, 6) is -0.249. The monoisotopic (exact) mass is 229 g/mol. The molecule has 0 bridgehead atoms. The van der Waals surface area contributed by atoms with Gasteiger partial charge in [0.1, 0.15) is 0 Å². The number of nitrogens with one attached hydrogen (secondary N) is 1. The number of alkyl carbamates (subject to hydrolysis) is 1. The summed E-state index contributed by atoms with van der Waals surface area (Å²) >= 11 is 0. The average molecular weight is 229 g/mol. The van der Waals surface area contributed by atoms with Crippen LogP contribution in [0.25, 0.3) is 0 Å². The summed E-state index contributed by atoms with van der Waals surface area (Å²) in [5.41, 5.74) is -0.805. The molecule has 0 atom stereocenters. The maximum absolute atomic E-state index is 11.3. The van der Waals surface area contributed by atoms with E-state index in [1.54, 1.807) is 0 Å². The van der Waals surface area contributed by atoms with Crippen LogP contribution in [0.4, 0.5) is 4.79 Å². The molecule has 5 nitrogen and oxygen atoms in total. The number of carbonyl (C=O) groups excluding carboxylic acids is 1. The van der Waals surface area contributed by atoms with Crippen molar-refractivity contribution in [2.45, 2.75) is 32.6 Å². The van der Waals surface area contributed by atoms with Crippen molar-refractivity contribution in [3.8, 4) is 0 Å². The quantitative estimate of drug-likeness (QED) is 0.771. The molecule has 0 aliphatic heterocycles. The number of aliphatic carboxylic acids is 1. The number of carbonyl (C=O) groups is 2. The van der Waals surface area contributed by atoms with Gasteiger partial charge in [-0.05, 0) is 31.6 Å². The summed E-state index contributed by atoms with van der Waals surface area (Å²) in [6.45, 7) is 2.28. The van der Waals surface area contributed by atoms with Gasteiger partial charge in [0.2, 0.25) is 0 Å². The molecule has 0 spiro atoms. The number of ether oxygens (including phenoxy) is 1. The van der Waals surface area contributed by atoms with Crippen LogP contribution in [0.2, 0.25) is 0 Å². The molecule has 0 aromatic carbocycles. The molecule has 92 valence electrons. The van der Waals surface area contributed by atoms with Gasteiger partial charge in [-0.1, -0.05) is 6.92 Å². The van der Waals surface area contributed by atoms with Crippen LogP contribution in [0.1, 0.15) is 32.6 Å². The summed E-state index contributed by atoms with van der Waals surface area (Å²) in [6.07, 6.45) is 2.46. The van der Waals surface area contributed by atoms with Crippen LogP contribution in [0.3, 0.4) is 0 Å². The lowest BCUT2D eigenvalue weighted by Gasteiger charge is -2.35. The van der Waals surface area contributed by atoms with Gasteiger partial charge in [-0.2, -0.15) is 0 Å². The van der Waals surface area contributed by atoms with Gasteiger partial charge in [0, 0.05) is 6.54 Å². The zero-order valence-electron chi connectivity index (χ0n) is 9.78. The lowest BCUT2D eigenvalue weighted by Crippen LogP contribution is -2.45. The Labute approximate surface area is 95.2 Å². The van der Waals surface area contributed by atoms with Gasteiger partial charge in [0.25, 0.3) is 0 Å². The number of methoxy groups -OCH3 is 1. The molecule has 16 heavy (non-hydrogen) atoms. The van der Waals surface area contributed by atoms with E-state index in [1.807, 2.05) is 0 Å². The standard InChI is InChI=1S/C11H19NO4/c1-8-3-5-11(6-4-8,9(13)14)7-12-10(15)16-2/h8H,3-7H2,1-2H3,(H,12,15)(H,13,14). The molecule has 5 heteroatoms. The lowest BCUT2D eigenvalue weighted by atomic mass is 9.71. The highest BCUT2D eigenvalue weighted by molar-refractivity contribution is 5.76. The molecule has 1 fully saturated rings. The summed E-state index contributed by atoms with van der Waals surface area (Å²) < 4.78 is 4.44. The SMILES string of the molecule is COC(=O)NCC1(C(=O)O)CCC(C)CC1. The van der Waals surface area contributed by atoms with E-state index in [0.717, 1.165) is 12.8 Å². The molecule has 1 aliphatic carbocycles. The predicted octanol–water partition coefficient (Wildman–Crippen LogP) is 1.62. The maximum Gasteiger partial charge on any atom is 0.406 e. The number of carboxylic acid groups (broad SMARTS) is 1. The van der Waals surface area contributed by atoms with Gasteiger partial charge >= 0.3 is 12.1 Å². The van der Waals surface area contributed by atoms with Crippen molar-refractivity contribution >= 4 is 12.1 Å². The van der Waals surface area contributed by atoms with E-state index < -0.39 is 17.5 Å². The highest BCUT2D eigenvalue weighted by Crippen LogP contribution is 2.38. The summed E-state index contributed by atoms with van der Waals surface area (Å²) in [7, 11) is 1.27. The fraction of sp³-hybridized carbons (Fsp3) is 0.818. The third-order valence-electron chi connectivity index (χ3n) is 3.44. The highest BCUT2D eigenvalue weighted by Gasteiger charge is 2.41. The summed E-state index contributed by atoms with van der Waals surface area (Å²) in [5, 5.41) is 11.8. The van der Waals surface area contributed by atoms with Crippen LogP contribution < -0.4 is 5.32 Å². The van der Waals surface area contributed by atoms with E-state index in [2.05, 4.69) is 17.0 Å². The Morgan fingerprint density at radius 1 is 1.44 bits per heavy atom. The number of rotatable bonds is 3. The fourth-order valence-corrected chi connectivity index (χ4v) is 2.09. The van der Waals surface area contributed by atoms with Crippen LogP contribution >= 0.6 is 0 Å². The van der Waals surface area contributed by atoms with Gasteiger partial charge in [0.05, 0.1) is 12.5 Å². The van der Waals surface area contributed by atoms with Crippen molar-refractivity contribution < 1.29 is 19.4 Å². The van der Waals surface area contributed by atoms with Crippen molar-refractivity contribution in [3.05, 3.63) is 0 Å². The van der Waals surface area contributed by atoms with Gasteiger partial charge in [-0.3, -0.25) is 4.79 Å². The molecule has 0 unspecified atom stereocenters. The maximum atomic E-state index is 11.3. The molecule has 0 radical (unpaired) electrons. The summed E-state index contributed by atoms with van der Waals surface area (Å²) in [4.78, 5) is 22.2. The predicted molar refractivity (Wildman–Crippen MR) is 58.1 cm³/mol. The van der Waals surface area contributed by atoms with Crippen molar-refractivity contribution in [2.75, 3.05) is 13.7 Å². The molecule has 0 heterocycles. The minimum absolute atomic E-state index is 0.154. The number of hydrogen-bond donors (Lipinski definition) is 2. The number of hydrogen-bond acceptors (Lipinski definition) is 3. The first-order valence-electron chi connectivity index (χ1n) is 5.55. The molecular formula is C11H19NO4. The first kappa shape index (κ1) is 12.8. The van der Waals surface area contributed by atoms with Gasteiger partial charge in [-0.25, -0.2) is 4.79 Å². The normalized spacial score (nSPS) is 29.5. The zero-order chi connectivity index (χ0) is 12.2. The number of amides is 1. The van der Waals surface area contributed by atoms with Crippen LogP contribution in [-0.2, 0) is 9.53 Å². The Hall–Kier alpha value is -1.26. The largest absolute Gasteiger partial charge is 0.481 e. The Morgan fingerprint density at radius 2 is 2.00 bits per heavy atom. The van der Waals surface area contributed by atoms with Gasteiger partial charge in [0.15, 0.2) is 0 Å². The van der Waals surface area contributed by atoms with Crippen LogP contribution in [0.15, 0.2) is 0 Å². The molecule has 2 N–H and O–H groups in total. The first-order valence-corrected chi connectivity index (χ1v) is 5.55. The van der Waals surface area contributed by atoms with Crippen LogP contribution in [0.5, 0.6) is 0 Å². The second-order valence-corrected chi connectivity index (χ2v) is 4.61. The molecule has 1 rings (SSSR count). The zero-order valence-corrected chi connectivity index (χ0v) is 9.78. The van der Waals surface area contributed by atoms with Crippen LogP contribution in [0, 0.1) is 11.3 Å². The Balaban J connectivity index is 2.60. The Bertz CT molecular complexity index is 269. The molecule has 1 amide bonds. The van der Waals surface area contributed by atoms with Crippen molar-refractivity contribution in [2.24, 2.45) is 11.3 Å². The van der Waals surface area contributed by atoms with Crippen LogP contribution in [-0.4, -0.2) is 30.8 Å². The third kappa shape index (κ3) is 2.87. The molecule has 1 aliphatic rings. The van der Waals surface area contributed by atoms with E-state index in [9.17, 15) is 14.7 Å². The van der Waals surface area contributed by atoms with E-state index in [4.69, 9.17) is 0 Å². The van der Waals surface area contributed by atoms with E-state index in [1.165, 1.54) is 7.11 Å². The average Bonchev–Trinajstić information content (AvgIpc) is 2.28. The fourth-order valence-electron chi connectivity index (χ4n) is 2.09. The molecule has 0 aromatic heterocycles. The Kier molecular flexibility index (Phi) is 4.15. The number of carboxylic acids is 1. The molecular weight excluding hydrogens is 210 g/mol. The minimum Gasteiger partial charge on any atom is -0.481 e. The minimum atomic E-state index is -0.823. The second-order valence-electron chi connectivity index (χ2n) is 4.61. The summed E-state index contributed by atoms with van der Waals surface area (Å²) in [6, 6.07) is 0.